The highest BCUT2D eigenvalue weighted by molar-refractivity contribution is 6.33. The third-order valence-electron chi connectivity index (χ3n) is 5.31. The van der Waals surface area contributed by atoms with Crippen LogP contribution in [0.1, 0.15) is 44.3 Å². The fourth-order valence-corrected chi connectivity index (χ4v) is 3.96. The molecule has 2 aromatic heterocycles. The molecule has 0 unspecified atom stereocenters. The lowest BCUT2D eigenvalue weighted by molar-refractivity contribution is -0.133. The highest BCUT2D eigenvalue weighted by Crippen LogP contribution is 2.26. The van der Waals surface area contributed by atoms with Crippen LogP contribution >= 0.6 is 11.6 Å². The summed E-state index contributed by atoms with van der Waals surface area (Å²) in [6.07, 6.45) is 4.58. The summed E-state index contributed by atoms with van der Waals surface area (Å²) in [5.41, 5.74) is 0.419. The maximum absolute atomic E-state index is 13.0. The van der Waals surface area contributed by atoms with E-state index in [-0.39, 0.29) is 24.7 Å². The second-order valence-corrected chi connectivity index (χ2v) is 8.02. The monoisotopic (exact) mass is 444 g/mol. The van der Waals surface area contributed by atoms with Crippen LogP contribution in [0.5, 0.6) is 0 Å². The summed E-state index contributed by atoms with van der Waals surface area (Å²) in [5.74, 6) is 1.16. The third kappa shape index (κ3) is 4.71. The summed E-state index contributed by atoms with van der Waals surface area (Å²) >= 11 is 6.20. The zero-order valence-electron chi connectivity index (χ0n) is 17.5. The molecule has 0 saturated carbocycles. The number of rotatable bonds is 7. The molecule has 0 saturated heterocycles. The number of halogens is 1. The molecule has 31 heavy (non-hydrogen) atoms. The average Bonchev–Trinajstić information content (AvgIpc) is 3.24. The fourth-order valence-electron chi connectivity index (χ4n) is 3.74. The number of nitrogens with zero attached hydrogens (tertiary/aromatic N) is 6. The summed E-state index contributed by atoms with van der Waals surface area (Å²) < 4.78 is 8.71. The van der Waals surface area contributed by atoms with E-state index in [1.807, 2.05) is 19.1 Å². The summed E-state index contributed by atoms with van der Waals surface area (Å²) in [6, 6.07) is 7.20. The number of aryl methyl sites for hydroxylation is 1. The highest BCUT2D eigenvalue weighted by atomic mass is 35.5. The Balaban J connectivity index is 1.49. The number of carbonyl (C=O) groups excluding carboxylic acids is 1. The molecule has 1 aromatic carbocycles. The van der Waals surface area contributed by atoms with Crippen LogP contribution in [0.15, 0.2) is 33.5 Å². The van der Waals surface area contributed by atoms with E-state index in [1.54, 1.807) is 21.6 Å². The Bertz CT molecular complexity index is 1120. The smallest absolute Gasteiger partial charge is 0.346 e. The van der Waals surface area contributed by atoms with Crippen LogP contribution in [0.25, 0.3) is 11.5 Å². The van der Waals surface area contributed by atoms with Crippen LogP contribution in [0, 0.1) is 0 Å². The lowest BCUT2D eigenvalue weighted by Crippen LogP contribution is -2.37. The van der Waals surface area contributed by atoms with Crippen molar-refractivity contribution in [3.8, 4) is 11.5 Å². The molecule has 0 fully saturated rings. The van der Waals surface area contributed by atoms with Gasteiger partial charge in [0.15, 0.2) is 0 Å². The Hall–Kier alpha value is -2.94. The average molecular weight is 445 g/mol. The van der Waals surface area contributed by atoms with E-state index in [2.05, 4.69) is 15.3 Å². The van der Waals surface area contributed by atoms with Gasteiger partial charge in [-0.2, -0.15) is 5.10 Å². The van der Waals surface area contributed by atoms with Gasteiger partial charge in [0.05, 0.1) is 17.1 Å². The second-order valence-electron chi connectivity index (χ2n) is 7.61. The van der Waals surface area contributed by atoms with Crippen LogP contribution in [-0.2, 0) is 30.8 Å². The molecule has 0 radical (unpaired) electrons. The largest absolute Gasteiger partial charge is 0.419 e. The molecule has 0 atom stereocenters. The van der Waals surface area contributed by atoms with E-state index < -0.39 is 0 Å². The van der Waals surface area contributed by atoms with Gasteiger partial charge >= 0.3 is 5.69 Å². The molecular formula is C21H25ClN6O3. The maximum Gasteiger partial charge on any atom is 0.346 e. The van der Waals surface area contributed by atoms with Crippen LogP contribution in [0.2, 0.25) is 5.02 Å². The SMILES string of the molecule is CCCN(Cc1nnc(-c2ccccc2Cl)o1)C(=O)Cn1nc2n(c1=O)CCCCC2. The van der Waals surface area contributed by atoms with Crippen LogP contribution in [-0.4, -0.2) is 41.9 Å². The normalized spacial score (nSPS) is 13.6. The Labute approximate surface area is 184 Å². The zero-order chi connectivity index (χ0) is 21.8. The number of hydrogen-bond donors (Lipinski definition) is 0. The molecule has 0 bridgehead atoms. The Kier molecular flexibility index (Phi) is 6.50. The molecule has 9 nitrogen and oxygen atoms in total. The highest BCUT2D eigenvalue weighted by Gasteiger charge is 2.22. The van der Waals surface area contributed by atoms with Gasteiger partial charge in [-0.3, -0.25) is 9.36 Å². The Morgan fingerprint density at radius 2 is 2.06 bits per heavy atom. The summed E-state index contributed by atoms with van der Waals surface area (Å²) in [6.45, 7) is 3.20. The van der Waals surface area contributed by atoms with Crippen molar-refractivity contribution in [1.82, 2.24) is 29.4 Å². The Morgan fingerprint density at radius 3 is 2.87 bits per heavy atom. The number of aromatic nitrogens is 5. The molecule has 1 aliphatic rings. The van der Waals surface area contributed by atoms with Gasteiger partial charge < -0.3 is 9.32 Å². The third-order valence-corrected chi connectivity index (χ3v) is 5.64. The summed E-state index contributed by atoms with van der Waals surface area (Å²) in [5, 5.41) is 13.0. The first-order valence-electron chi connectivity index (χ1n) is 10.6. The van der Waals surface area contributed by atoms with Crippen molar-refractivity contribution in [2.45, 2.75) is 58.7 Å². The molecule has 3 aromatic rings. The molecule has 1 aliphatic heterocycles. The number of amides is 1. The van der Waals surface area contributed by atoms with Gasteiger partial charge in [0.2, 0.25) is 17.7 Å². The summed E-state index contributed by atoms with van der Waals surface area (Å²) in [4.78, 5) is 27.3. The number of benzene rings is 1. The molecule has 3 heterocycles. The maximum atomic E-state index is 13.0. The van der Waals surface area contributed by atoms with E-state index in [9.17, 15) is 9.59 Å². The number of hydrogen-bond acceptors (Lipinski definition) is 6. The van der Waals surface area contributed by atoms with Gasteiger partial charge in [-0.15, -0.1) is 10.2 Å². The molecular weight excluding hydrogens is 420 g/mol. The predicted molar refractivity (Wildman–Crippen MR) is 114 cm³/mol. The molecule has 10 heteroatoms. The first kappa shape index (κ1) is 21.3. The van der Waals surface area contributed by atoms with Crippen molar-refractivity contribution < 1.29 is 9.21 Å². The first-order valence-corrected chi connectivity index (χ1v) is 11.0. The lowest BCUT2D eigenvalue weighted by atomic mass is 10.2. The van der Waals surface area contributed by atoms with E-state index >= 15 is 0 Å². The number of fused-ring (bicyclic) bond motifs is 1. The standard InChI is InChI=1S/C21H25ClN6O3/c1-2-11-26(13-18-23-24-20(31-18)15-8-5-6-9-16(15)22)19(29)14-28-21(30)27-12-7-3-4-10-17(27)25-28/h5-6,8-9H,2-4,7,10-14H2,1H3. The van der Waals surface area contributed by atoms with Gasteiger partial charge in [0, 0.05) is 19.5 Å². The van der Waals surface area contributed by atoms with Crippen LogP contribution in [0.4, 0.5) is 0 Å². The van der Waals surface area contributed by atoms with Crippen molar-refractivity contribution in [1.29, 1.82) is 0 Å². The van der Waals surface area contributed by atoms with Crippen molar-refractivity contribution in [2.24, 2.45) is 0 Å². The van der Waals surface area contributed by atoms with E-state index in [4.69, 9.17) is 16.0 Å². The predicted octanol–water partition coefficient (Wildman–Crippen LogP) is 2.91. The fraction of sp³-hybridized carbons (Fsp3) is 0.476. The zero-order valence-corrected chi connectivity index (χ0v) is 18.2. The van der Waals surface area contributed by atoms with E-state index in [0.29, 0.717) is 35.5 Å². The van der Waals surface area contributed by atoms with Crippen LogP contribution in [0.3, 0.4) is 0 Å². The van der Waals surface area contributed by atoms with E-state index in [0.717, 1.165) is 37.9 Å². The van der Waals surface area contributed by atoms with Crippen molar-refractivity contribution in [3.05, 3.63) is 51.5 Å². The number of carbonyl (C=O) groups is 1. The molecule has 164 valence electrons. The molecule has 0 spiro atoms. The van der Waals surface area contributed by atoms with Gasteiger partial charge in [-0.05, 0) is 31.4 Å². The topological polar surface area (TPSA) is 99.0 Å². The molecule has 0 N–H and O–H groups in total. The van der Waals surface area contributed by atoms with E-state index in [1.165, 1.54) is 4.68 Å². The quantitative estimate of drug-likeness (QED) is 0.555. The van der Waals surface area contributed by atoms with Gasteiger partial charge in [0.1, 0.15) is 12.4 Å². The minimum Gasteiger partial charge on any atom is -0.419 e. The summed E-state index contributed by atoms with van der Waals surface area (Å²) in [7, 11) is 0. The Morgan fingerprint density at radius 1 is 1.23 bits per heavy atom. The van der Waals surface area contributed by atoms with Gasteiger partial charge in [-0.25, -0.2) is 9.48 Å². The van der Waals surface area contributed by atoms with Crippen molar-refractivity contribution in [3.63, 3.8) is 0 Å². The van der Waals surface area contributed by atoms with Crippen molar-refractivity contribution in [2.75, 3.05) is 6.54 Å². The lowest BCUT2D eigenvalue weighted by Gasteiger charge is -2.19. The minimum atomic E-state index is -0.222. The minimum absolute atomic E-state index is 0.107. The molecule has 4 rings (SSSR count). The molecule has 1 amide bonds. The molecule has 0 aliphatic carbocycles. The van der Waals surface area contributed by atoms with Crippen LogP contribution < -0.4 is 5.69 Å². The van der Waals surface area contributed by atoms with Gasteiger partial charge in [0.25, 0.3) is 0 Å². The van der Waals surface area contributed by atoms with Crippen molar-refractivity contribution >= 4 is 17.5 Å². The van der Waals surface area contributed by atoms with Gasteiger partial charge in [-0.1, -0.05) is 37.1 Å². The first-order chi connectivity index (χ1) is 15.1. The second kappa shape index (κ2) is 9.47.